The molecule has 0 spiro atoms. The van der Waals surface area contributed by atoms with Gasteiger partial charge in [0.1, 0.15) is 5.75 Å². The molecule has 0 unspecified atom stereocenters. The zero-order valence-corrected chi connectivity index (χ0v) is 25.4. The molecular weight excluding hydrogens is 554 g/mol. The molecule has 220 valence electrons. The van der Waals surface area contributed by atoms with Crippen LogP contribution in [-0.2, 0) is 5.41 Å². The molecule has 0 aliphatic heterocycles. The summed E-state index contributed by atoms with van der Waals surface area (Å²) in [4.78, 5) is 19.0. The fourth-order valence-electron chi connectivity index (χ4n) is 8.36. The number of rotatable bonds is 9. The minimum absolute atomic E-state index is 0.109. The monoisotopic (exact) mass is 591 g/mol. The molecular formula is C35H37N5O2S. The molecule has 0 atom stereocenters. The van der Waals surface area contributed by atoms with Crippen LogP contribution in [0.25, 0.3) is 28.1 Å². The second-order valence-corrected chi connectivity index (χ2v) is 14.0. The van der Waals surface area contributed by atoms with E-state index in [2.05, 4.69) is 30.4 Å². The van der Waals surface area contributed by atoms with E-state index in [0.717, 1.165) is 53.3 Å². The lowest BCUT2D eigenvalue weighted by Crippen LogP contribution is -2.49. The van der Waals surface area contributed by atoms with E-state index >= 15 is 0 Å². The minimum Gasteiger partial charge on any atom is -0.494 e. The number of hydrogen-bond acceptors (Lipinski definition) is 6. The third kappa shape index (κ3) is 4.89. The summed E-state index contributed by atoms with van der Waals surface area (Å²) in [6.45, 7) is 2.91. The summed E-state index contributed by atoms with van der Waals surface area (Å²) < 4.78 is 9.96. The Hall–Kier alpha value is -3.78. The van der Waals surface area contributed by atoms with Gasteiger partial charge in [0, 0.05) is 22.7 Å². The summed E-state index contributed by atoms with van der Waals surface area (Å²) in [7, 11) is 0. The van der Waals surface area contributed by atoms with E-state index in [1.54, 1.807) is 0 Å². The Morgan fingerprint density at radius 1 is 0.953 bits per heavy atom. The van der Waals surface area contributed by atoms with Crippen LogP contribution in [0, 0.1) is 17.8 Å². The Kier molecular flexibility index (Phi) is 6.70. The number of hydrogen-bond donors (Lipinski definition) is 0. The molecule has 2 aromatic carbocycles. The van der Waals surface area contributed by atoms with Gasteiger partial charge in [-0.3, -0.25) is 4.79 Å². The molecule has 0 amide bonds. The lowest BCUT2D eigenvalue weighted by atomic mass is 9.48. The van der Waals surface area contributed by atoms with Crippen molar-refractivity contribution < 1.29 is 4.74 Å². The van der Waals surface area contributed by atoms with Gasteiger partial charge in [0.25, 0.3) is 5.56 Å². The number of aromatic nitrogens is 5. The van der Waals surface area contributed by atoms with Gasteiger partial charge in [-0.15, -0.1) is 5.10 Å². The summed E-state index contributed by atoms with van der Waals surface area (Å²) in [5.41, 5.74) is 4.13. The van der Waals surface area contributed by atoms with E-state index in [1.807, 2.05) is 53.2 Å². The van der Waals surface area contributed by atoms with Crippen LogP contribution in [0.15, 0.2) is 65.6 Å². The highest BCUT2D eigenvalue weighted by atomic mass is 32.1. The van der Waals surface area contributed by atoms with Crippen molar-refractivity contribution in [2.75, 3.05) is 6.61 Å². The van der Waals surface area contributed by atoms with Crippen molar-refractivity contribution in [1.29, 1.82) is 0 Å². The second kappa shape index (κ2) is 10.7. The second-order valence-electron chi connectivity index (χ2n) is 13.0. The minimum atomic E-state index is -0.126. The molecule has 5 aromatic rings. The Morgan fingerprint density at radius 2 is 1.67 bits per heavy atom. The number of para-hydroxylation sites is 1. The first kappa shape index (κ1) is 26.8. The summed E-state index contributed by atoms with van der Waals surface area (Å²) >= 11 is 1.40. The first-order valence-electron chi connectivity index (χ1n) is 15.9. The molecule has 4 fully saturated rings. The van der Waals surface area contributed by atoms with E-state index in [9.17, 15) is 4.79 Å². The third-order valence-electron chi connectivity index (χ3n) is 9.90. The highest BCUT2D eigenvalue weighted by Gasteiger charge is 2.53. The molecule has 4 aliphatic rings. The smallest absolute Gasteiger partial charge is 0.291 e. The lowest BCUT2D eigenvalue weighted by Gasteiger charge is -2.56. The maximum Gasteiger partial charge on any atom is 0.291 e. The maximum atomic E-state index is 13.6. The summed E-state index contributed by atoms with van der Waals surface area (Å²) in [5.74, 6) is 3.83. The molecule has 4 saturated carbocycles. The normalized spacial score (nSPS) is 24.8. The van der Waals surface area contributed by atoms with Gasteiger partial charge in [-0.25, -0.2) is 4.68 Å². The number of nitrogens with zero attached hydrogens (tertiary/aromatic N) is 5. The molecule has 7 nitrogen and oxygen atoms in total. The quantitative estimate of drug-likeness (QED) is 0.181. The van der Waals surface area contributed by atoms with E-state index in [1.165, 1.54) is 72.9 Å². The van der Waals surface area contributed by atoms with Gasteiger partial charge in [-0.1, -0.05) is 49.3 Å². The predicted molar refractivity (Wildman–Crippen MR) is 170 cm³/mol. The average Bonchev–Trinajstić information content (AvgIpc) is 3.71. The Bertz CT molecular complexity index is 1840. The van der Waals surface area contributed by atoms with Gasteiger partial charge in [0.15, 0.2) is 5.82 Å². The molecule has 3 aromatic heterocycles. The SMILES string of the molecule is CCCCCOc1ccc(-c2nc3sc(=Cc4cn(-c5ccccc5)nc4C45CC6CC(CC(C6)C4)C5)c(=O)n3n2)cc1. The fraction of sp³-hybridized carbons (Fsp3) is 0.429. The lowest BCUT2D eigenvalue weighted by molar-refractivity contribution is -0.00743. The van der Waals surface area contributed by atoms with Gasteiger partial charge >= 0.3 is 0 Å². The van der Waals surface area contributed by atoms with Crippen molar-refractivity contribution >= 4 is 22.4 Å². The van der Waals surface area contributed by atoms with Crippen molar-refractivity contribution in [3.63, 3.8) is 0 Å². The van der Waals surface area contributed by atoms with Crippen LogP contribution < -0.4 is 14.8 Å². The van der Waals surface area contributed by atoms with Gasteiger partial charge < -0.3 is 4.74 Å². The van der Waals surface area contributed by atoms with Crippen LogP contribution in [0.1, 0.15) is 76.0 Å². The largest absolute Gasteiger partial charge is 0.494 e. The van der Waals surface area contributed by atoms with Crippen LogP contribution in [0.2, 0.25) is 0 Å². The molecule has 9 rings (SSSR count). The topological polar surface area (TPSA) is 74.3 Å². The van der Waals surface area contributed by atoms with E-state index in [4.69, 9.17) is 14.8 Å². The van der Waals surface area contributed by atoms with Crippen LogP contribution in [-0.4, -0.2) is 31.0 Å². The molecule has 4 aliphatic carbocycles. The predicted octanol–water partition coefficient (Wildman–Crippen LogP) is 6.59. The molecule has 8 heteroatoms. The number of fused-ring (bicyclic) bond motifs is 1. The average molecular weight is 592 g/mol. The Balaban J connectivity index is 1.14. The molecule has 3 heterocycles. The third-order valence-corrected chi connectivity index (χ3v) is 10.9. The Labute approximate surface area is 255 Å². The number of benzene rings is 2. The van der Waals surface area contributed by atoms with Crippen LogP contribution >= 0.6 is 11.3 Å². The van der Waals surface area contributed by atoms with E-state index < -0.39 is 0 Å². The van der Waals surface area contributed by atoms with Gasteiger partial charge in [-0.2, -0.15) is 14.6 Å². The zero-order valence-electron chi connectivity index (χ0n) is 24.6. The number of ether oxygens (including phenoxy) is 1. The summed E-state index contributed by atoms with van der Waals surface area (Å²) in [6.07, 6.45) is 15.4. The molecule has 43 heavy (non-hydrogen) atoms. The van der Waals surface area contributed by atoms with Gasteiger partial charge in [-0.05, 0) is 105 Å². The number of unbranched alkanes of at least 4 members (excludes halogenated alkanes) is 2. The highest BCUT2D eigenvalue weighted by Crippen LogP contribution is 2.61. The zero-order chi connectivity index (χ0) is 29.0. The van der Waals surface area contributed by atoms with Crippen molar-refractivity contribution in [3.8, 4) is 22.8 Å². The summed E-state index contributed by atoms with van der Waals surface area (Å²) in [6, 6.07) is 18.1. The first-order chi connectivity index (χ1) is 21.1. The molecule has 0 radical (unpaired) electrons. The van der Waals surface area contributed by atoms with E-state index in [-0.39, 0.29) is 11.0 Å². The maximum absolute atomic E-state index is 13.6. The standard InChI is InChI=1S/C35H37N5O2S/c1-2-3-7-14-42-29-12-10-26(11-13-29)32-36-34-40(38-32)33(41)30(43-34)18-27-22-39(28-8-5-4-6-9-28)37-31(27)35-19-23-15-24(20-35)17-25(16-23)21-35/h4-6,8-13,18,22-25H,2-3,7,14-17,19-21H2,1H3. The van der Waals surface area contributed by atoms with Crippen LogP contribution in [0.3, 0.4) is 0 Å². The summed E-state index contributed by atoms with van der Waals surface area (Å²) in [5, 5.41) is 9.88. The van der Waals surface area contributed by atoms with Crippen LogP contribution in [0.4, 0.5) is 0 Å². The van der Waals surface area contributed by atoms with Crippen molar-refractivity contribution in [1.82, 2.24) is 24.4 Å². The van der Waals surface area contributed by atoms with Gasteiger partial charge in [0.05, 0.1) is 22.5 Å². The highest BCUT2D eigenvalue weighted by molar-refractivity contribution is 7.15. The molecule has 4 bridgehead atoms. The number of thiazole rings is 1. The Morgan fingerprint density at radius 3 is 2.35 bits per heavy atom. The fourth-order valence-corrected chi connectivity index (χ4v) is 9.26. The molecule has 0 saturated heterocycles. The van der Waals surface area contributed by atoms with Crippen molar-refractivity contribution in [3.05, 3.63) is 86.9 Å². The van der Waals surface area contributed by atoms with Gasteiger partial charge in [0.2, 0.25) is 4.96 Å². The van der Waals surface area contributed by atoms with Crippen molar-refractivity contribution in [2.24, 2.45) is 17.8 Å². The van der Waals surface area contributed by atoms with Crippen LogP contribution in [0.5, 0.6) is 5.75 Å². The molecule has 0 N–H and O–H groups in total. The van der Waals surface area contributed by atoms with Crippen molar-refractivity contribution in [2.45, 2.75) is 70.1 Å². The first-order valence-corrected chi connectivity index (χ1v) is 16.7. The van der Waals surface area contributed by atoms with E-state index in [0.29, 0.717) is 15.3 Å².